The molecule has 0 amide bonds. The van der Waals surface area contributed by atoms with E-state index in [2.05, 4.69) is 48.0 Å². The Bertz CT molecular complexity index is 634. The predicted molar refractivity (Wildman–Crippen MR) is 77.8 cm³/mol. The Morgan fingerprint density at radius 1 is 1.05 bits per heavy atom. The molecule has 2 aromatic rings. The molecule has 1 heterocycles. The van der Waals surface area contributed by atoms with Gasteiger partial charge < -0.3 is 0 Å². The van der Waals surface area contributed by atoms with Crippen LogP contribution in [0.2, 0.25) is 0 Å². The third kappa shape index (κ3) is 1.73. The monoisotopic (exact) mass is 247 g/mol. The summed E-state index contributed by atoms with van der Waals surface area (Å²) in [5.74, 6) is 0.717. The van der Waals surface area contributed by atoms with Crippen LogP contribution in [0, 0.1) is 5.41 Å². The average Bonchev–Trinajstić information content (AvgIpc) is 3.15. The van der Waals surface area contributed by atoms with Crippen molar-refractivity contribution in [3.05, 3.63) is 66.5 Å². The Hall–Kier alpha value is -1.89. The van der Waals surface area contributed by atoms with E-state index in [1.54, 1.807) is 0 Å². The maximum atomic E-state index is 4.44. The minimum absolute atomic E-state index is 0.564. The van der Waals surface area contributed by atoms with Crippen LogP contribution in [0.15, 0.2) is 60.9 Å². The van der Waals surface area contributed by atoms with Crippen molar-refractivity contribution in [3.8, 4) is 11.1 Å². The van der Waals surface area contributed by atoms with Crippen LogP contribution in [-0.4, -0.2) is 4.98 Å². The van der Waals surface area contributed by atoms with E-state index in [4.69, 9.17) is 0 Å². The fourth-order valence-electron chi connectivity index (χ4n) is 3.59. The molecule has 2 aliphatic carbocycles. The van der Waals surface area contributed by atoms with Gasteiger partial charge in [-0.25, -0.2) is 0 Å². The predicted octanol–water partition coefficient (Wildman–Crippen LogP) is 4.57. The third-order valence-corrected chi connectivity index (χ3v) is 4.66. The van der Waals surface area contributed by atoms with Gasteiger partial charge in [-0.2, -0.15) is 0 Å². The summed E-state index contributed by atoms with van der Waals surface area (Å²) in [5, 5.41) is 0. The minimum Gasteiger partial charge on any atom is -0.264 e. The van der Waals surface area contributed by atoms with Crippen molar-refractivity contribution < 1.29 is 0 Å². The van der Waals surface area contributed by atoms with Crippen molar-refractivity contribution in [1.29, 1.82) is 0 Å². The van der Waals surface area contributed by atoms with Gasteiger partial charge in [0, 0.05) is 18.0 Å². The number of nitrogens with zero attached hydrogens (tertiary/aromatic N) is 1. The molecule has 1 heteroatoms. The molecule has 94 valence electrons. The highest BCUT2D eigenvalue weighted by atomic mass is 14.7. The molecule has 2 aliphatic rings. The standard InChI is InChI=1S/C18H17N/c1-13-8-18(9-13)10-17(18)16-7-15(11-19-12-16)14-5-3-2-4-6-14/h2-7,11-12,17H,1,8-10H2. The molecule has 0 saturated heterocycles. The van der Waals surface area contributed by atoms with Crippen molar-refractivity contribution in [2.45, 2.75) is 25.2 Å². The zero-order chi connectivity index (χ0) is 12.9. The lowest BCUT2D eigenvalue weighted by atomic mass is 9.75. The number of hydrogen-bond acceptors (Lipinski definition) is 1. The van der Waals surface area contributed by atoms with Crippen molar-refractivity contribution in [3.63, 3.8) is 0 Å². The number of aromatic nitrogens is 1. The highest BCUT2D eigenvalue weighted by Crippen LogP contribution is 2.71. The summed E-state index contributed by atoms with van der Waals surface area (Å²) in [7, 11) is 0. The molecule has 1 spiro atoms. The quantitative estimate of drug-likeness (QED) is 0.708. The molecule has 1 unspecified atom stereocenters. The molecular formula is C18H17N. The van der Waals surface area contributed by atoms with Crippen LogP contribution in [0.5, 0.6) is 0 Å². The first-order valence-electron chi connectivity index (χ1n) is 6.94. The second-order valence-corrected chi connectivity index (χ2v) is 6.10. The second kappa shape index (κ2) is 3.80. The maximum absolute atomic E-state index is 4.44. The van der Waals surface area contributed by atoms with Gasteiger partial charge in [0.25, 0.3) is 0 Å². The molecule has 2 fully saturated rings. The second-order valence-electron chi connectivity index (χ2n) is 6.10. The minimum atomic E-state index is 0.564. The fraction of sp³-hybridized carbons (Fsp3) is 0.278. The van der Waals surface area contributed by atoms with Crippen LogP contribution in [-0.2, 0) is 0 Å². The molecule has 0 bridgehead atoms. The van der Waals surface area contributed by atoms with Gasteiger partial charge in [-0.05, 0) is 47.8 Å². The van der Waals surface area contributed by atoms with E-state index in [1.807, 2.05) is 12.4 Å². The topological polar surface area (TPSA) is 12.9 Å². The summed E-state index contributed by atoms with van der Waals surface area (Å²) >= 11 is 0. The molecule has 4 rings (SSSR count). The summed E-state index contributed by atoms with van der Waals surface area (Å²) in [4.78, 5) is 4.44. The molecule has 19 heavy (non-hydrogen) atoms. The van der Waals surface area contributed by atoms with E-state index < -0.39 is 0 Å². The summed E-state index contributed by atoms with van der Waals surface area (Å²) in [6.45, 7) is 4.07. The molecule has 1 nitrogen and oxygen atoms in total. The van der Waals surface area contributed by atoms with Gasteiger partial charge in [0.1, 0.15) is 0 Å². The van der Waals surface area contributed by atoms with Gasteiger partial charge in [-0.3, -0.25) is 4.98 Å². The number of hydrogen-bond donors (Lipinski definition) is 0. The van der Waals surface area contributed by atoms with Gasteiger partial charge in [-0.1, -0.05) is 42.5 Å². The van der Waals surface area contributed by atoms with Gasteiger partial charge >= 0.3 is 0 Å². The lowest BCUT2D eigenvalue weighted by Gasteiger charge is -2.30. The van der Waals surface area contributed by atoms with Gasteiger partial charge in [0.15, 0.2) is 0 Å². The molecule has 1 aromatic carbocycles. The summed E-state index contributed by atoms with van der Waals surface area (Å²) < 4.78 is 0. The Morgan fingerprint density at radius 2 is 1.84 bits per heavy atom. The SMILES string of the molecule is C=C1CC2(C1)CC2c1cncc(-c2ccccc2)c1. The molecular weight excluding hydrogens is 230 g/mol. The van der Waals surface area contributed by atoms with Crippen LogP contribution in [0.1, 0.15) is 30.7 Å². The van der Waals surface area contributed by atoms with Crippen LogP contribution in [0.3, 0.4) is 0 Å². The van der Waals surface area contributed by atoms with E-state index in [1.165, 1.54) is 41.5 Å². The van der Waals surface area contributed by atoms with Crippen molar-refractivity contribution in [1.82, 2.24) is 4.98 Å². The molecule has 0 N–H and O–H groups in total. The Balaban J connectivity index is 1.64. The van der Waals surface area contributed by atoms with Crippen LogP contribution in [0.4, 0.5) is 0 Å². The Morgan fingerprint density at radius 3 is 2.58 bits per heavy atom. The number of benzene rings is 1. The van der Waals surface area contributed by atoms with Gasteiger partial charge in [-0.15, -0.1) is 0 Å². The first-order chi connectivity index (χ1) is 9.27. The summed E-state index contributed by atoms with van der Waals surface area (Å²) in [6, 6.07) is 12.8. The van der Waals surface area contributed by atoms with Crippen molar-refractivity contribution in [2.24, 2.45) is 5.41 Å². The zero-order valence-electron chi connectivity index (χ0n) is 11.0. The van der Waals surface area contributed by atoms with Crippen LogP contribution >= 0.6 is 0 Å². The highest BCUT2D eigenvalue weighted by Gasteiger charge is 2.59. The van der Waals surface area contributed by atoms with Crippen molar-refractivity contribution >= 4 is 0 Å². The van der Waals surface area contributed by atoms with Crippen LogP contribution < -0.4 is 0 Å². The molecule has 0 aliphatic heterocycles. The number of rotatable bonds is 2. The van der Waals surface area contributed by atoms with Gasteiger partial charge in [0.05, 0.1) is 0 Å². The van der Waals surface area contributed by atoms with E-state index >= 15 is 0 Å². The first-order valence-corrected chi connectivity index (χ1v) is 6.94. The summed E-state index contributed by atoms with van der Waals surface area (Å²) in [5.41, 5.74) is 5.89. The van der Waals surface area contributed by atoms with E-state index in [-0.39, 0.29) is 0 Å². The van der Waals surface area contributed by atoms with E-state index in [9.17, 15) is 0 Å². The van der Waals surface area contributed by atoms with E-state index in [0.717, 1.165) is 0 Å². The highest BCUT2D eigenvalue weighted by molar-refractivity contribution is 5.63. The average molecular weight is 247 g/mol. The molecule has 0 radical (unpaired) electrons. The molecule has 1 atom stereocenters. The number of pyridine rings is 1. The lowest BCUT2D eigenvalue weighted by Crippen LogP contribution is -2.17. The zero-order valence-corrected chi connectivity index (χ0v) is 11.0. The normalized spacial score (nSPS) is 23.2. The molecule has 1 aromatic heterocycles. The lowest BCUT2D eigenvalue weighted by molar-refractivity contribution is 0.380. The third-order valence-electron chi connectivity index (χ3n) is 4.66. The van der Waals surface area contributed by atoms with Crippen molar-refractivity contribution in [2.75, 3.05) is 0 Å². The smallest absolute Gasteiger partial charge is 0.0346 e. The molecule has 2 saturated carbocycles. The Labute approximate surface area is 114 Å². The van der Waals surface area contributed by atoms with E-state index in [0.29, 0.717) is 11.3 Å². The first kappa shape index (κ1) is 11.0. The maximum Gasteiger partial charge on any atom is 0.0346 e. The van der Waals surface area contributed by atoms with Gasteiger partial charge in [0.2, 0.25) is 0 Å². The largest absolute Gasteiger partial charge is 0.264 e. The summed E-state index contributed by atoms with van der Waals surface area (Å²) in [6.07, 6.45) is 7.80. The fourth-order valence-corrected chi connectivity index (χ4v) is 3.59. The number of allylic oxidation sites excluding steroid dienone is 1. The van der Waals surface area contributed by atoms with Crippen LogP contribution in [0.25, 0.3) is 11.1 Å². The Kier molecular flexibility index (Phi) is 2.20.